The number of rotatable bonds is 6. The summed E-state index contributed by atoms with van der Waals surface area (Å²) in [4.78, 5) is 12.7. The van der Waals surface area contributed by atoms with E-state index in [1.165, 1.54) is 16.3 Å². The number of fused-ring (bicyclic) bond motifs is 1. The second kappa shape index (κ2) is 8.02. The first-order valence-electron chi connectivity index (χ1n) is 9.79. The van der Waals surface area contributed by atoms with Crippen molar-refractivity contribution >= 4 is 21.6 Å². The minimum atomic E-state index is -3.58. The number of para-hydroxylation sites is 1. The quantitative estimate of drug-likeness (QED) is 0.652. The summed E-state index contributed by atoms with van der Waals surface area (Å²) in [5.41, 5.74) is 3.07. The van der Waals surface area contributed by atoms with Gasteiger partial charge in [-0.05, 0) is 61.6 Å². The van der Waals surface area contributed by atoms with E-state index in [9.17, 15) is 17.6 Å². The number of aryl methyl sites for hydroxylation is 3. The third-order valence-corrected chi connectivity index (χ3v) is 6.92. The lowest BCUT2D eigenvalue weighted by molar-refractivity contribution is -0.115. The van der Waals surface area contributed by atoms with Crippen LogP contribution in [0.4, 0.5) is 10.2 Å². The van der Waals surface area contributed by atoms with Crippen LogP contribution < -0.4 is 5.32 Å². The average Bonchev–Trinajstić information content (AvgIpc) is 3.32. The van der Waals surface area contributed by atoms with E-state index in [0.717, 1.165) is 24.8 Å². The van der Waals surface area contributed by atoms with E-state index in [-0.39, 0.29) is 28.6 Å². The average molecular weight is 428 g/mol. The molecule has 1 N–H and O–H groups in total. The van der Waals surface area contributed by atoms with E-state index in [2.05, 4.69) is 10.4 Å². The van der Waals surface area contributed by atoms with Gasteiger partial charge in [0.2, 0.25) is 5.91 Å². The zero-order valence-corrected chi connectivity index (χ0v) is 17.4. The number of sulfone groups is 1. The minimum Gasteiger partial charge on any atom is -0.311 e. The Kier molecular flexibility index (Phi) is 5.42. The van der Waals surface area contributed by atoms with Crippen LogP contribution in [0.15, 0.2) is 53.4 Å². The van der Waals surface area contributed by atoms with Gasteiger partial charge in [0.15, 0.2) is 9.84 Å². The van der Waals surface area contributed by atoms with Gasteiger partial charge in [0.05, 0.1) is 16.3 Å². The molecule has 30 heavy (non-hydrogen) atoms. The van der Waals surface area contributed by atoms with Crippen molar-refractivity contribution in [1.82, 2.24) is 9.78 Å². The van der Waals surface area contributed by atoms with Crippen LogP contribution >= 0.6 is 0 Å². The first-order valence-corrected chi connectivity index (χ1v) is 11.4. The number of amides is 1. The molecule has 1 aliphatic carbocycles. The SMILES string of the molecule is Cc1cc(NC(=O)CCS(=O)(=O)c2ccc3c(c2)CCC3)n(-c2ccccc2F)n1. The third kappa shape index (κ3) is 4.14. The Morgan fingerprint density at radius 1 is 1.13 bits per heavy atom. The van der Waals surface area contributed by atoms with Crippen LogP contribution in [-0.2, 0) is 27.5 Å². The zero-order valence-electron chi connectivity index (χ0n) is 16.6. The van der Waals surface area contributed by atoms with Crippen molar-refractivity contribution in [3.8, 4) is 5.69 Å². The van der Waals surface area contributed by atoms with Crippen LogP contribution in [0.2, 0.25) is 0 Å². The summed E-state index contributed by atoms with van der Waals surface area (Å²) in [6.45, 7) is 1.73. The second-order valence-electron chi connectivity index (χ2n) is 7.44. The number of nitrogens with zero attached hydrogens (tertiary/aromatic N) is 2. The van der Waals surface area contributed by atoms with Gasteiger partial charge in [0.25, 0.3) is 0 Å². The highest BCUT2D eigenvalue weighted by molar-refractivity contribution is 7.91. The van der Waals surface area contributed by atoms with E-state index in [1.54, 1.807) is 43.3 Å². The fourth-order valence-electron chi connectivity index (χ4n) is 3.69. The minimum absolute atomic E-state index is 0.201. The maximum absolute atomic E-state index is 14.1. The molecule has 1 amide bonds. The first kappa shape index (κ1) is 20.3. The van der Waals surface area contributed by atoms with Gasteiger partial charge >= 0.3 is 0 Å². The normalized spacial score (nSPS) is 13.3. The highest BCUT2D eigenvalue weighted by Gasteiger charge is 2.21. The molecule has 0 aliphatic heterocycles. The molecule has 1 aromatic heterocycles. The van der Waals surface area contributed by atoms with Crippen LogP contribution in [0.25, 0.3) is 5.69 Å². The second-order valence-corrected chi connectivity index (χ2v) is 9.54. The molecule has 0 fully saturated rings. The fraction of sp³-hybridized carbons (Fsp3) is 0.273. The Morgan fingerprint density at radius 2 is 1.90 bits per heavy atom. The van der Waals surface area contributed by atoms with Crippen molar-refractivity contribution < 1.29 is 17.6 Å². The summed E-state index contributed by atoms with van der Waals surface area (Å²) in [6, 6.07) is 12.9. The van der Waals surface area contributed by atoms with Crippen molar-refractivity contribution in [2.24, 2.45) is 0 Å². The van der Waals surface area contributed by atoms with E-state index < -0.39 is 21.6 Å². The van der Waals surface area contributed by atoms with Gasteiger partial charge in [-0.15, -0.1) is 0 Å². The molecule has 0 saturated carbocycles. The molecule has 4 rings (SSSR count). The van der Waals surface area contributed by atoms with Gasteiger partial charge in [-0.25, -0.2) is 17.5 Å². The number of carbonyl (C=O) groups is 1. The number of hydrogen-bond donors (Lipinski definition) is 1. The molecule has 156 valence electrons. The van der Waals surface area contributed by atoms with E-state index in [0.29, 0.717) is 5.69 Å². The first-order chi connectivity index (χ1) is 14.3. The summed E-state index contributed by atoms with van der Waals surface area (Å²) in [6.07, 6.45) is 2.70. The number of hydrogen-bond acceptors (Lipinski definition) is 4. The Bertz CT molecular complexity index is 1220. The monoisotopic (exact) mass is 427 g/mol. The lowest BCUT2D eigenvalue weighted by Gasteiger charge is -2.10. The smallest absolute Gasteiger partial charge is 0.226 e. The maximum Gasteiger partial charge on any atom is 0.226 e. The number of carbonyl (C=O) groups excluding carboxylic acids is 1. The van der Waals surface area contributed by atoms with Crippen LogP contribution in [0.1, 0.15) is 29.7 Å². The molecule has 0 bridgehead atoms. The molecule has 0 atom stereocenters. The van der Waals surface area contributed by atoms with E-state index in [4.69, 9.17) is 0 Å². The predicted octanol–water partition coefficient (Wildman–Crippen LogP) is 3.61. The number of halogens is 1. The molecule has 1 heterocycles. The van der Waals surface area contributed by atoms with Crippen molar-refractivity contribution in [3.05, 3.63) is 71.2 Å². The summed E-state index contributed by atoms with van der Waals surface area (Å²) in [5, 5.41) is 6.88. The van der Waals surface area contributed by atoms with Gasteiger partial charge in [0, 0.05) is 12.5 Å². The van der Waals surface area contributed by atoms with Crippen molar-refractivity contribution in [1.29, 1.82) is 0 Å². The highest BCUT2D eigenvalue weighted by Crippen LogP contribution is 2.25. The summed E-state index contributed by atoms with van der Waals surface area (Å²) >= 11 is 0. The maximum atomic E-state index is 14.1. The van der Waals surface area contributed by atoms with Crippen molar-refractivity contribution in [2.45, 2.75) is 37.5 Å². The van der Waals surface area contributed by atoms with E-state index >= 15 is 0 Å². The Labute approximate surface area is 174 Å². The summed E-state index contributed by atoms with van der Waals surface area (Å²) < 4.78 is 40.8. The van der Waals surface area contributed by atoms with Gasteiger partial charge in [-0.1, -0.05) is 18.2 Å². The Balaban J connectivity index is 1.46. The molecular weight excluding hydrogens is 405 g/mol. The number of nitrogens with one attached hydrogen (secondary N) is 1. The van der Waals surface area contributed by atoms with Crippen LogP contribution in [0.5, 0.6) is 0 Å². The lowest BCUT2D eigenvalue weighted by Crippen LogP contribution is -2.19. The Hall–Kier alpha value is -3.00. The highest BCUT2D eigenvalue weighted by atomic mass is 32.2. The third-order valence-electron chi connectivity index (χ3n) is 5.21. The van der Waals surface area contributed by atoms with Gasteiger partial charge in [-0.3, -0.25) is 4.79 Å². The molecule has 8 heteroatoms. The molecule has 0 saturated heterocycles. The summed E-state index contributed by atoms with van der Waals surface area (Å²) in [7, 11) is -3.58. The standard InChI is InChI=1S/C22H22FN3O3S/c1-15-13-21(26(25-15)20-8-3-2-7-19(20)23)24-22(27)11-12-30(28,29)18-10-9-16-5-4-6-17(16)14-18/h2-3,7-10,13-14H,4-6,11-12H2,1H3,(H,24,27). The molecule has 2 aromatic carbocycles. The molecule has 3 aromatic rings. The topological polar surface area (TPSA) is 81.1 Å². The van der Waals surface area contributed by atoms with Crippen LogP contribution in [-0.4, -0.2) is 29.9 Å². The zero-order chi connectivity index (χ0) is 21.3. The number of aromatic nitrogens is 2. The molecule has 0 spiro atoms. The molecule has 0 unspecified atom stereocenters. The predicted molar refractivity (Wildman–Crippen MR) is 112 cm³/mol. The van der Waals surface area contributed by atoms with Crippen LogP contribution in [0, 0.1) is 12.7 Å². The molecular formula is C22H22FN3O3S. The lowest BCUT2D eigenvalue weighted by atomic mass is 10.1. The largest absolute Gasteiger partial charge is 0.311 e. The Morgan fingerprint density at radius 3 is 2.70 bits per heavy atom. The number of benzene rings is 2. The van der Waals surface area contributed by atoms with Crippen LogP contribution in [0.3, 0.4) is 0 Å². The fourth-order valence-corrected chi connectivity index (χ4v) is 4.97. The van der Waals surface area contributed by atoms with Gasteiger partial charge < -0.3 is 5.32 Å². The number of anilines is 1. The van der Waals surface area contributed by atoms with Gasteiger partial charge in [0.1, 0.15) is 17.3 Å². The molecule has 0 radical (unpaired) electrons. The summed E-state index contributed by atoms with van der Waals surface area (Å²) in [5.74, 6) is -0.963. The van der Waals surface area contributed by atoms with E-state index in [1.807, 2.05) is 6.07 Å². The molecule has 1 aliphatic rings. The van der Waals surface area contributed by atoms with Crippen molar-refractivity contribution in [3.63, 3.8) is 0 Å². The van der Waals surface area contributed by atoms with Crippen molar-refractivity contribution in [2.75, 3.05) is 11.1 Å². The molecule has 6 nitrogen and oxygen atoms in total. The van der Waals surface area contributed by atoms with Gasteiger partial charge in [-0.2, -0.15) is 5.10 Å².